The highest BCUT2D eigenvalue weighted by molar-refractivity contribution is 6.30. The van der Waals surface area contributed by atoms with E-state index in [1.807, 2.05) is 32.9 Å². The van der Waals surface area contributed by atoms with Gasteiger partial charge < -0.3 is 15.0 Å². The fraction of sp³-hybridized carbons (Fsp3) is 0.364. The van der Waals surface area contributed by atoms with E-state index in [-0.39, 0.29) is 25.0 Å². The number of nitrogens with zero attached hydrogens (tertiary/aromatic N) is 1. The Labute approximate surface area is 181 Å². The van der Waals surface area contributed by atoms with Crippen LogP contribution in [0.25, 0.3) is 0 Å². The molecule has 0 aliphatic heterocycles. The van der Waals surface area contributed by atoms with E-state index in [9.17, 15) is 9.59 Å². The average molecular weight is 437 g/mol. The Hall–Kier alpha value is -2.24. The smallest absolute Gasteiger partial charge is 0.261 e. The van der Waals surface area contributed by atoms with Gasteiger partial charge in [-0.1, -0.05) is 41.4 Å². The Balaban J connectivity index is 2.16. The van der Waals surface area contributed by atoms with Crippen molar-refractivity contribution in [2.45, 2.75) is 45.8 Å². The lowest BCUT2D eigenvalue weighted by Gasteiger charge is -2.31. The standard InChI is InChI=1S/C22H26Cl2N2O3/c1-15(21(28)25-22(2,3)4)26(13-16-8-10-17(23)11-9-16)20(27)14-29-19-7-5-6-18(24)12-19/h5-12,15H,13-14H2,1-4H3,(H,25,28)/t15-/m0/s1. The van der Waals surface area contributed by atoms with Crippen LogP contribution in [0.4, 0.5) is 0 Å². The number of nitrogens with one attached hydrogen (secondary N) is 1. The first-order chi connectivity index (χ1) is 13.5. The number of hydrogen-bond acceptors (Lipinski definition) is 3. The zero-order valence-electron chi connectivity index (χ0n) is 17.0. The first kappa shape index (κ1) is 23.0. The minimum atomic E-state index is -0.680. The number of carbonyl (C=O) groups is 2. The second-order valence-corrected chi connectivity index (χ2v) is 8.68. The van der Waals surface area contributed by atoms with E-state index in [1.165, 1.54) is 4.90 Å². The number of ether oxygens (including phenoxy) is 1. The Bertz CT molecular complexity index is 848. The molecule has 156 valence electrons. The van der Waals surface area contributed by atoms with Crippen molar-refractivity contribution in [1.29, 1.82) is 0 Å². The number of carbonyl (C=O) groups excluding carboxylic acids is 2. The molecule has 0 radical (unpaired) electrons. The molecule has 2 aromatic carbocycles. The third-order valence-electron chi connectivity index (χ3n) is 4.09. The fourth-order valence-corrected chi connectivity index (χ4v) is 2.93. The molecule has 29 heavy (non-hydrogen) atoms. The molecule has 0 saturated heterocycles. The third-order valence-corrected chi connectivity index (χ3v) is 4.58. The number of halogens is 2. The highest BCUT2D eigenvalue weighted by Gasteiger charge is 2.28. The van der Waals surface area contributed by atoms with Gasteiger partial charge in [0.1, 0.15) is 11.8 Å². The molecular formula is C22H26Cl2N2O3. The molecule has 5 nitrogen and oxygen atoms in total. The summed E-state index contributed by atoms with van der Waals surface area (Å²) in [4.78, 5) is 27.1. The number of hydrogen-bond donors (Lipinski definition) is 1. The van der Waals surface area contributed by atoms with Gasteiger partial charge in [-0.25, -0.2) is 0 Å². The lowest BCUT2D eigenvalue weighted by Crippen LogP contribution is -2.53. The number of rotatable bonds is 7. The minimum absolute atomic E-state index is 0.207. The third kappa shape index (κ3) is 7.59. The van der Waals surface area contributed by atoms with Gasteiger partial charge in [-0.2, -0.15) is 0 Å². The molecule has 0 fully saturated rings. The molecule has 0 bridgehead atoms. The van der Waals surface area contributed by atoms with Crippen molar-refractivity contribution in [1.82, 2.24) is 10.2 Å². The highest BCUT2D eigenvalue weighted by atomic mass is 35.5. The lowest BCUT2D eigenvalue weighted by atomic mass is 10.1. The van der Waals surface area contributed by atoms with Gasteiger partial charge in [-0.15, -0.1) is 0 Å². The first-order valence-electron chi connectivity index (χ1n) is 9.29. The van der Waals surface area contributed by atoms with Crippen LogP contribution in [0, 0.1) is 0 Å². The van der Waals surface area contributed by atoms with Crippen molar-refractivity contribution in [3.05, 3.63) is 64.1 Å². The molecule has 0 spiro atoms. The summed E-state index contributed by atoms with van der Waals surface area (Å²) in [5, 5.41) is 4.04. The molecule has 2 amide bonds. The molecule has 0 aromatic heterocycles. The van der Waals surface area contributed by atoms with Crippen LogP contribution < -0.4 is 10.1 Å². The van der Waals surface area contributed by atoms with E-state index in [4.69, 9.17) is 27.9 Å². The normalized spacial score (nSPS) is 12.2. The van der Waals surface area contributed by atoms with Crippen molar-refractivity contribution in [3.8, 4) is 5.75 Å². The molecular weight excluding hydrogens is 411 g/mol. The minimum Gasteiger partial charge on any atom is -0.484 e. The monoisotopic (exact) mass is 436 g/mol. The molecule has 0 unspecified atom stereocenters. The van der Waals surface area contributed by atoms with Gasteiger partial charge in [-0.05, 0) is 63.6 Å². The molecule has 0 aliphatic carbocycles. The van der Waals surface area contributed by atoms with Crippen LogP contribution >= 0.6 is 23.2 Å². The van der Waals surface area contributed by atoms with Crippen molar-refractivity contribution in [2.75, 3.05) is 6.61 Å². The van der Waals surface area contributed by atoms with Crippen molar-refractivity contribution < 1.29 is 14.3 Å². The maximum atomic E-state index is 12.9. The van der Waals surface area contributed by atoms with Crippen LogP contribution in [-0.2, 0) is 16.1 Å². The molecule has 0 heterocycles. The number of amides is 2. The van der Waals surface area contributed by atoms with Gasteiger partial charge in [-0.3, -0.25) is 9.59 Å². The summed E-state index contributed by atoms with van der Waals surface area (Å²) in [6, 6.07) is 13.3. The SMILES string of the molecule is C[C@@H](C(=O)NC(C)(C)C)N(Cc1ccc(Cl)cc1)C(=O)COc1cccc(Cl)c1. The first-order valence-corrected chi connectivity index (χ1v) is 10.0. The second-order valence-electron chi connectivity index (χ2n) is 7.81. The summed E-state index contributed by atoms with van der Waals surface area (Å²) in [6.45, 7) is 7.44. The van der Waals surface area contributed by atoms with Crippen LogP contribution in [0.3, 0.4) is 0 Å². The molecule has 1 atom stereocenters. The van der Waals surface area contributed by atoms with E-state index in [2.05, 4.69) is 5.32 Å². The molecule has 7 heteroatoms. The Morgan fingerprint density at radius 1 is 1.07 bits per heavy atom. The van der Waals surface area contributed by atoms with Gasteiger partial charge in [0.25, 0.3) is 5.91 Å². The Kier molecular flexibility index (Phi) is 7.94. The van der Waals surface area contributed by atoms with Crippen LogP contribution in [0.2, 0.25) is 10.0 Å². The van der Waals surface area contributed by atoms with Crippen molar-refractivity contribution >= 4 is 35.0 Å². The fourth-order valence-electron chi connectivity index (χ4n) is 2.63. The summed E-state index contributed by atoms with van der Waals surface area (Å²) >= 11 is 11.9. The predicted molar refractivity (Wildman–Crippen MR) is 116 cm³/mol. The molecule has 2 rings (SSSR count). The van der Waals surface area contributed by atoms with E-state index in [0.717, 1.165) is 5.56 Å². The van der Waals surface area contributed by atoms with Crippen molar-refractivity contribution in [3.63, 3.8) is 0 Å². The summed E-state index contributed by atoms with van der Waals surface area (Å²) in [5.41, 5.74) is 0.457. The van der Waals surface area contributed by atoms with Gasteiger partial charge >= 0.3 is 0 Å². The lowest BCUT2D eigenvalue weighted by molar-refractivity contribution is -0.142. The molecule has 1 N–H and O–H groups in total. The second kappa shape index (κ2) is 9.99. The van der Waals surface area contributed by atoms with E-state index in [0.29, 0.717) is 15.8 Å². The molecule has 2 aromatic rings. The summed E-state index contributed by atoms with van der Waals surface area (Å²) in [7, 11) is 0. The molecule has 0 saturated carbocycles. The zero-order chi connectivity index (χ0) is 21.6. The largest absolute Gasteiger partial charge is 0.484 e. The van der Waals surface area contributed by atoms with E-state index < -0.39 is 11.6 Å². The molecule has 0 aliphatic rings. The van der Waals surface area contributed by atoms with Crippen LogP contribution in [0.1, 0.15) is 33.3 Å². The van der Waals surface area contributed by atoms with Crippen molar-refractivity contribution in [2.24, 2.45) is 0 Å². The summed E-state index contributed by atoms with van der Waals surface area (Å²) in [5.74, 6) is -0.0526. The topological polar surface area (TPSA) is 58.6 Å². The Morgan fingerprint density at radius 2 is 1.72 bits per heavy atom. The summed E-state index contributed by atoms with van der Waals surface area (Å²) in [6.07, 6.45) is 0. The average Bonchev–Trinajstić information content (AvgIpc) is 2.64. The van der Waals surface area contributed by atoms with Gasteiger partial charge in [0, 0.05) is 22.1 Å². The van der Waals surface area contributed by atoms with Gasteiger partial charge in [0.05, 0.1) is 0 Å². The highest BCUT2D eigenvalue weighted by Crippen LogP contribution is 2.18. The maximum Gasteiger partial charge on any atom is 0.261 e. The van der Waals surface area contributed by atoms with Crippen LogP contribution in [0.15, 0.2) is 48.5 Å². The zero-order valence-corrected chi connectivity index (χ0v) is 18.6. The predicted octanol–water partition coefficient (Wildman–Crippen LogP) is 4.70. The van der Waals surface area contributed by atoms with Crippen LogP contribution in [0.5, 0.6) is 5.75 Å². The summed E-state index contributed by atoms with van der Waals surface area (Å²) < 4.78 is 5.59. The maximum absolute atomic E-state index is 12.9. The number of benzene rings is 2. The van der Waals surface area contributed by atoms with Gasteiger partial charge in [0.2, 0.25) is 5.91 Å². The van der Waals surface area contributed by atoms with E-state index >= 15 is 0 Å². The van der Waals surface area contributed by atoms with Crippen LogP contribution in [-0.4, -0.2) is 34.9 Å². The van der Waals surface area contributed by atoms with E-state index in [1.54, 1.807) is 43.3 Å². The Morgan fingerprint density at radius 3 is 2.31 bits per heavy atom. The van der Waals surface area contributed by atoms with Gasteiger partial charge in [0.15, 0.2) is 6.61 Å². The quantitative estimate of drug-likeness (QED) is 0.683.